The van der Waals surface area contributed by atoms with Crippen molar-refractivity contribution >= 4 is 16.2 Å². The van der Waals surface area contributed by atoms with Crippen LogP contribution in [0.4, 0.5) is 0 Å². The molecule has 8 heteroatoms. The van der Waals surface area contributed by atoms with Crippen molar-refractivity contribution in [3.63, 3.8) is 0 Å². The molecule has 3 rings (SSSR count). The Labute approximate surface area is 144 Å². The van der Waals surface area contributed by atoms with Crippen molar-refractivity contribution in [3.8, 4) is 0 Å². The summed E-state index contributed by atoms with van der Waals surface area (Å²) in [6, 6.07) is -0.775. The van der Waals surface area contributed by atoms with Gasteiger partial charge in [0.2, 0.25) is 0 Å². The quantitative estimate of drug-likeness (QED) is 0.706. The summed E-state index contributed by atoms with van der Waals surface area (Å²) in [6.45, 7) is 4.41. The Morgan fingerprint density at radius 3 is 2.38 bits per heavy atom. The standard InChI is InChI=1S/C16H28N2O5S/c1-11-9-17(10-12(2)23-11)24(20,21)18-14-7-5-4-6-13(14)8-15(18)16(19)22-3/h11-15H,4-10H2,1-3H3/t11-,12-,13+,14+,15+/m1/s1. The molecule has 0 bridgehead atoms. The predicted molar refractivity (Wildman–Crippen MR) is 88.5 cm³/mol. The molecule has 0 unspecified atom stereocenters. The molecule has 3 aliphatic rings. The topological polar surface area (TPSA) is 76.2 Å². The number of carbonyl (C=O) groups is 1. The van der Waals surface area contributed by atoms with Crippen molar-refractivity contribution in [2.24, 2.45) is 5.92 Å². The van der Waals surface area contributed by atoms with E-state index in [1.54, 1.807) is 0 Å². The number of methoxy groups -OCH3 is 1. The van der Waals surface area contributed by atoms with Gasteiger partial charge in [-0.3, -0.25) is 4.79 Å². The van der Waals surface area contributed by atoms with Gasteiger partial charge >= 0.3 is 5.97 Å². The largest absolute Gasteiger partial charge is 0.468 e. The highest BCUT2D eigenvalue weighted by Crippen LogP contribution is 2.42. The summed E-state index contributed by atoms with van der Waals surface area (Å²) in [4.78, 5) is 12.3. The minimum atomic E-state index is -3.72. The zero-order valence-electron chi connectivity index (χ0n) is 14.7. The minimum absolute atomic E-state index is 0.0821. The maximum absolute atomic E-state index is 13.4. The highest BCUT2D eigenvalue weighted by Gasteiger charge is 2.53. The molecule has 138 valence electrons. The van der Waals surface area contributed by atoms with E-state index in [0.717, 1.165) is 25.7 Å². The number of esters is 1. The van der Waals surface area contributed by atoms with Crippen molar-refractivity contribution in [2.75, 3.05) is 20.2 Å². The van der Waals surface area contributed by atoms with E-state index in [-0.39, 0.29) is 24.2 Å². The second kappa shape index (κ2) is 6.90. The van der Waals surface area contributed by atoms with Gasteiger partial charge in [-0.2, -0.15) is 17.0 Å². The van der Waals surface area contributed by atoms with Crippen LogP contribution in [0.5, 0.6) is 0 Å². The predicted octanol–water partition coefficient (Wildman–Crippen LogP) is 1.15. The summed E-state index contributed by atoms with van der Waals surface area (Å²) in [6.07, 6.45) is 4.21. The highest BCUT2D eigenvalue weighted by molar-refractivity contribution is 7.86. The van der Waals surface area contributed by atoms with Gasteiger partial charge in [0.05, 0.1) is 19.3 Å². The SMILES string of the molecule is COC(=O)[C@@H]1C[C@@H]2CCCC[C@@H]2N1S(=O)(=O)N1C[C@@H](C)O[C@H](C)C1. The van der Waals surface area contributed by atoms with Crippen LogP contribution in [0.3, 0.4) is 0 Å². The number of carbonyl (C=O) groups excluding carboxylic acids is 1. The van der Waals surface area contributed by atoms with Crippen LogP contribution in [0.1, 0.15) is 46.0 Å². The molecule has 24 heavy (non-hydrogen) atoms. The molecule has 2 saturated heterocycles. The molecule has 2 aliphatic heterocycles. The maximum atomic E-state index is 13.4. The summed E-state index contributed by atoms with van der Waals surface area (Å²) in [7, 11) is -2.39. The van der Waals surface area contributed by atoms with E-state index < -0.39 is 22.2 Å². The van der Waals surface area contributed by atoms with Gasteiger partial charge in [-0.05, 0) is 39.0 Å². The third-order valence-corrected chi connectivity index (χ3v) is 7.49. The fourth-order valence-corrected chi connectivity index (χ4v) is 6.72. The van der Waals surface area contributed by atoms with Gasteiger partial charge in [0, 0.05) is 19.1 Å². The van der Waals surface area contributed by atoms with Gasteiger partial charge in [-0.25, -0.2) is 0 Å². The normalized spacial score (nSPS) is 38.7. The Kier molecular flexibility index (Phi) is 5.20. The lowest BCUT2D eigenvalue weighted by molar-refractivity contribution is -0.144. The zero-order valence-corrected chi connectivity index (χ0v) is 15.5. The van der Waals surface area contributed by atoms with Crippen LogP contribution in [-0.2, 0) is 24.5 Å². The lowest BCUT2D eigenvalue weighted by Crippen LogP contribution is -2.57. The van der Waals surface area contributed by atoms with Gasteiger partial charge in [0.15, 0.2) is 0 Å². The molecule has 0 aromatic rings. The molecule has 2 heterocycles. The first-order valence-electron chi connectivity index (χ1n) is 8.86. The molecule has 0 spiro atoms. The molecule has 0 amide bonds. The molecule has 0 aromatic heterocycles. The fraction of sp³-hybridized carbons (Fsp3) is 0.938. The number of nitrogens with zero attached hydrogens (tertiary/aromatic N) is 2. The Balaban J connectivity index is 1.91. The van der Waals surface area contributed by atoms with E-state index in [0.29, 0.717) is 19.5 Å². The Bertz CT molecular complexity index is 571. The van der Waals surface area contributed by atoms with Crippen LogP contribution in [0, 0.1) is 5.92 Å². The van der Waals surface area contributed by atoms with Crippen LogP contribution in [0.15, 0.2) is 0 Å². The van der Waals surface area contributed by atoms with Crippen LogP contribution in [0.2, 0.25) is 0 Å². The van der Waals surface area contributed by atoms with Crippen molar-refractivity contribution in [3.05, 3.63) is 0 Å². The summed E-state index contributed by atoms with van der Waals surface area (Å²) >= 11 is 0. The molecule has 7 nitrogen and oxygen atoms in total. The lowest BCUT2D eigenvalue weighted by Gasteiger charge is -2.40. The third kappa shape index (κ3) is 3.21. The average molecular weight is 360 g/mol. The van der Waals surface area contributed by atoms with Crippen LogP contribution in [-0.4, -0.2) is 67.5 Å². The number of rotatable bonds is 3. The summed E-state index contributed by atoms with van der Waals surface area (Å²) < 4.78 is 40.2. The van der Waals surface area contributed by atoms with Crippen LogP contribution < -0.4 is 0 Å². The second-order valence-electron chi connectivity index (χ2n) is 7.30. The number of hydrogen-bond acceptors (Lipinski definition) is 5. The van der Waals surface area contributed by atoms with Gasteiger partial charge in [0.25, 0.3) is 10.2 Å². The van der Waals surface area contributed by atoms with Crippen molar-refractivity contribution < 1.29 is 22.7 Å². The number of hydrogen-bond donors (Lipinski definition) is 0. The van der Waals surface area contributed by atoms with E-state index in [1.807, 2.05) is 13.8 Å². The maximum Gasteiger partial charge on any atom is 0.324 e. The number of fused-ring (bicyclic) bond motifs is 1. The Hall–Kier alpha value is -0.700. The van der Waals surface area contributed by atoms with Gasteiger partial charge in [-0.1, -0.05) is 12.8 Å². The monoisotopic (exact) mass is 360 g/mol. The molecular formula is C16H28N2O5S. The van der Waals surface area contributed by atoms with E-state index in [2.05, 4.69) is 0 Å². The molecule has 0 N–H and O–H groups in total. The van der Waals surface area contributed by atoms with E-state index >= 15 is 0 Å². The molecule has 0 aromatic carbocycles. The summed E-state index contributed by atoms with van der Waals surface area (Å²) in [5.41, 5.74) is 0. The average Bonchev–Trinajstić information content (AvgIpc) is 2.93. The second-order valence-corrected chi connectivity index (χ2v) is 9.13. The van der Waals surface area contributed by atoms with Gasteiger partial charge in [-0.15, -0.1) is 0 Å². The van der Waals surface area contributed by atoms with E-state index in [1.165, 1.54) is 15.7 Å². The van der Waals surface area contributed by atoms with Crippen LogP contribution in [0.25, 0.3) is 0 Å². The molecule has 1 saturated carbocycles. The first-order chi connectivity index (χ1) is 11.3. The van der Waals surface area contributed by atoms with Crippen molar-refractivity contribution in [1.82, 2.24) is 8.61 Å². The number of morpholine rings is 1. The molecule has 5 atom stereocenters. The van der Waals surface area contributed by atoms with Gasteiger partial charge in [0.1, 0.15) is 6.04 Å². The van der Waals surface area contributed by atoms with Crippen molar-refractivity contribution in [2.45, 2.75) is 70.2 Å². The Morgan fingerprint density at radius 1 is 1.12 bits per heavy atom. The Morgan fingerprint density at radius 2 is 1.75 bits per heavy atom. The zero-order chi connectivity index (χ0) is 17.5. The minimum Gasteiger partial charge on any atom is -0.468 e. The van der Waals surface area contributed by atoms with E-state index in [4.69, 9.17) is 9.47 Å². The third-order valence-electron chi connectivity index (χ3n) is 5.48. The lowest BCUT2D eigenvalue weighted by atomic mass is 9.85. The smallest absolute Gasteiger partial charge is 0.324 e. The van der Waals surface area contributed by atoms with Gasteiger partial charge < -0.3 is 9.47 Å². The van der Waals surface area contributed by atoms with Crippen molar-refractivity contribution in [1.29, 1.82) is 0 Å². The summed E-state index contributed by atoms with van der Waals surface area (Å²) in [5, 5.41) is 0. The highest BCUT2D eigenvalue weighted by atomic mass is 32.2. The molecule has 0 radical (unpaired) electrons. The van der Waals surface area contributed by atoms with E-state index in [9.17, 15) is 13.2 Å². The fourth-order valence-electron chi connectivity index (χ4n) is 4.54. The first-order valence-corrected chi connectivity index (χ1v) is 10.3. The number of ether oxygens (including phenoxy) is 2. The summed E-state index contributed by atoms with van der Waals surface area (Å²) in [5.74, 6) is -0.184. The first kappa shape index (κ1) is 18.1. The molecule has 1 aliphatic carbocycles. The molecule has 3 fully saturated rings. The van der Waals surface area contributed by atoms with Crippen LogP contribution >= 0.6 is 0 Å². The molecular weight excluding hydrogens is 332 g/mol.